The van der Waals surface area contributed by atoms with Crippen LogP contribution < -0.4 is 19.1 Å². The molecule has 1 spiro atoms. The molecule has 0 radical (unpaired) electrons. The van der Waals surface area contributed by atoms with Crippen molar-refractivity contribution in [3.8, 4) is 22.8 Å². The largest absolute Gasteiger partial charge is 0.495 e. The topological polar surface area (TPSA) is 117 Å². The maximum atomic E-state index is 14.0. The minimum Gasteiger partial charge on any atom is -0.495 e. The quantitative estimate of drug-likeness (QED) is 0.421. The summed E-state index contributed by atoms with van der Waals surface area (Å²) in [6.07, 6.45) is 5.72. The molecule has 1 aromatic heterocycles. The van der Waals surface area contributed by atoms with Gasteiger partial charge in [0.1, 0.15) is 11.5 Å². The van der Waals surface area contributed by atoms with Gasteiger partial charge in [0, 0.05) is 59.5 Å². The van der Waals surface area contributed by atoms with Crippen LogP contribution in [0.1, 0.15) is 53.6 Å². The summed E-state index contributed by atoms with van der Waals surface area (Å²) in [5.41, 5.74) is 4.44. The number of carbonyl (C=O) groups is 1. The van der Waals surface area contributed by atoms with Crippen LogP contribution in [-0.4, -0.2) is 88.8 Å². The molecule has 11 nitrogen and oxygen atoms in total. The lowest BCUT2D eigenvalue weighted by molar-refractivity contribution is 0.0743. The van der Waals surface area contributed by atoms with E-state index in [1.807, 2.05) is 4.90 Å². The molecule has 5 aliphatic rings. The highest BCUT2D eigenvalue weighted by molar-refractivity contribution is 7.93. The van der Waals surface area contributed by atoms with Gasteiger partial charge in [0.2, 0.25) is 0 Å². The van der Waals surface area contributed by atoms with Crippen molar-refractivity contribution in [2.45, 2.75) is 60.9 Å². The predicted octanol–water partition coefficient (Wildman–Crippen LogP) is 3.88. The number of nitrogens with zero attached hydrogens (tertiary/aromatic N) is 4. The van der Waals surface area contributed by atoms with Gasteiger partial charge in [0.25, 0.3) is 15.9 Å². The van der Waals surface area contributed by atoms with Gasteiger partial charge in [0.15, 0.2) is 16.5 Å². The number of aromatic nitrogens is 1. The molecule has 8 rings (SSSR count). The number of nitrogens with one attached hydrogen (secondary N) is 1. The van der Waals surface area contributed by atoms with Crippen molar-refractivity contribution in [2.24, 2.45) is 0 Å². The first-order chi connectivity index (χ1) is 21.2. The maximum absolute atomic E-state index is 14.0. The molecule has 1 N–H and O–H groups in total. The van der Waals surface area contributed by atoms with Crippen LogP contribution in [0.25, 0.3) is 11.3 Å². The van der Waals surface area contributed by atoms with Crippen LogP contribution >= 0.6 is 0 Å². The highest BCUT2D eigenvalue weighted by Gasteiger charge is 2.51. The second kappa shape index (κ2) is 9.87. The number of benzene rings is 2. The number of sulfonamides is 1. The predicted molar refractivity (Wildman–Crippen MR) is 164 cm³/mol. The van der Waals surface area contributed by atoms with Crippen molar-refractivity contribution in [2.75, 3.05) is 57.1 Å². The molecule has 2 saturated heterocycles. The molecule has 2 aromatic carbocycles. The lowest BCUT2D eigenvalue weighted by atomic mass is 9.79. The maximum Gasteiger partial charge on any atom is 0.270 e. The minimum atomic E-state index is -4.26. The molecule has 232 valence electrons. The van der Waals surface area contributed by atoms with E-state index in [9.17, 15) is 13.2 Å². The number of rotatable bonds is 7. The van der Waals surface area contributed by atoms with Gasteiger partial charge in [-0.05, 0) is 81.9 Å². The summed E-state index contributed by atoms with van der Waals surface area (Å²) in [5, 5.41) is 4.23. The monoisotopic (exact) mass is 619 g/mol. The van der Waals surface area contributed by atoms with Crippen LogP contribution in [0, 0.1) is 0 Å². The Morgan fingerprint density at radius 3 is 2.41 bits per heavy atom. The fraction of sp³-hybridized carbons (Fsp3) is 0.500. The number of carbonyl (C=O) groups excluding carboxylic acids is 1. The summed E-state index contributed by atoms with van der Waals surface area (Å²) in [7, 11) is 0.617. The highest BCUT2D eigenvalue weighted by Crippen LogP contribution is 2.59. The molecule has 44 heavy (non-hydrogen) atoms. The molecule has 2 saturated carbocycles. The molecule has 4 fully saturated rings. The Hall–Kier alpha value is -3.77. The number of hydrogen-bond acceptors (Lipinski definition) is 9. The fourth-order valence-corrected chi connectivity index (χ4v) is 8.74. The zero-order chi connectivity index (χ0) is 30.4. The Kier molecular flexibility index (Phi) is 6.22. The van der Waals surface area contributed by atoms with Crippen molar-refractivity contribution < 1.29 is 27.2 Å². The van der Waals surface area contributed by atoms with Crippen LogP contribution in [0.15, 0.2) is 39.8 Å². The first-order valence-corrected chi connectivity index (χ1v) is 16.9. The average Bonchev–Trinajstić information content (AvgIpc) is 3.91. The number of fused-ring (bicyclic) bond motifs is 5. The first kappa shape index (κ1) is 27.8. The molecule has 2 aliphatic heterocycles. The molecule has 0 unspecified atom stereocenters. The molecule has 3 heterocycles. The van der Waals surface area contributed by atoms with Crippen LogP contribution in [0.2, 0.25) is 0 Å². The lowest BCUT2D eigenvalue weighted by Crippen LogP contribution is -2.37. The van der Waals surface area contributed by atoms with Gasteiger partial charge >= 0.3 is 0 Å². The fourth-order valence-electron chi connectivity index (χ4n) is 7.41. The van der Waals surface area contributed by atoms with E-state index >= 15 is 0 Å². The Bertz CT molecular complexity index is 1750. The number of ether oxygens (including phenoxy) is 2. The van der Waals surface area contributed by atoms with E-state index in [0.29, 0.717) is 30.3 Å². The van der Waals surface area contributed by atoms with E-state index in [1.54, 1.807) is 0 Å². The Balaban J connectivity index is 1.12. The van der Waals surface area contributed by atoms with Crippen molar-refractivity contribution >= 4 is 27.4 Å². The smallest absolute Gasteiger partial charge is 0.270 e. The summed E-state index contributed by atoms with van der Waals surface area (Å²) >= 11 is 0. The normalized spacial score (nSPS) is 23.2. The number of hydrogen-bond donors (Lipinski definition) is 1. The van der Waals surface area contributed by atoms with Gasteiger partial charge in [-0.2, -0.15) is 0 Å². The van der Waals surface area contributed by atoms with E-state index in [2.05, 4.69) is 44.9 Å². The Labute approximate surface area is 257 Å². The van der Waals surface area contributed by atoms with Crippen molar-refractivity contribution in [1.82, 2.24) is 15.0 Å². The van der Waals surface area contributed by atoms with Gasteiger partial charge < -0.3 is 28.7 Å². The van der Waals surface area contributed by atoms with Crippen LogP contribution in [0.4, 0.5) is 11.5 Å². The molecule has 1 amide bonds. The van der Waals surface area contributed by atoms with Gasteiger partial charge in [-0.15, -0.1) is 0 Å². The zero-order valence-electron chi connectivity index (χ0n) is 25.3. The summed E-state index contributed by atoms with van der Waals surface area (Å²) < 4.78 is 47.7. The van der Waals surface area contributed by atoms with E-state index in [0.717, 1.165) is 62.1 Å². The van der Waals surface area contributed by atoms with Crippen LogP contribution in [0.5, 0.6) is 11.5 Å². The van der Waals surface area contributed by atoms with E-state index in [-0.39, 0.29) is 39.6 Å². The van der Waals surface area contributed by atoms with Gasteiger partial charge in [-0.3, -0.25) is 9.52 Å². The van der Waals surface area contributed by atoms with Crippen LogP contribution in [-0.2, 0) is 21.9 Å². The SMILES string of the molecule is COc1cc(C(=O)N2CCCN(C)[C@H]3C[C@H]32)cc(OC)c1S(=O)(=O)Nc1noc2c1CC1(CC1)c1ccc(N3CCC3)cc1-2. The molecular weight excluding hydrogens is 582 g/mol. The molecule has 2 atom stereocenters. The molecule has 3 aliphatic carbocycles. The molecule has 3 aromatic rings. The highest BCUT2D eigenvalue weighted by atomic mass is 32.2. The summed E-state index contributed by atoms with van der Waals surface area (Å²) in [4.78, 5) is 20.0. The van der Waals surface area contributed by atoms with E-state index in [4.69, 9.17) is 14.0 Å². The third-order valence-corrected chi connectivity index (χ3v) is 11.7. The molecule has 12 heteroatoms. The number of anilines is 2. The number of methoxy groups -OCH3 is 2. The third kappa shape index (κ3) is 4.28. The van der Waals surface area contributed by atoms with Gasteiger partial charge in [0.05, 0.1) is 14.2 Å². The van der Waals surface area contributed by atoms with E-state index in [1.165, 1.54) is 38.3 Å². The average molecular weight is 620 g/mol. The van der Waals surface area contributed by atoms with Gasteiger partial charge in [-0.25, -0.2) is 8.42 Å². The molecular formula is C32H37N5O6S. The first-order valence-electron chi connectivity index (χ1n) is 15.4. The second-order valence-corrected chi connectivity index (χ2v) is 14.5. The Morgan fingerprint density at radius 1 is 1.02 bits per heavy atom. The van der Waals surface area contributed by atoms with Crippen LogP contribution in [0.3, 0.4) is 0 Å². The standard InChI is InChI=1S/C32H37N5O6S/c1-35-10-4-13-37(25-17-24(25)35)31(38)19-14-26(41-2)29(27(15-19)42-3)44(39,40)34-30-22-18-32(8-9-32)23-7-6-20(36-11-5-12-36)16-21(23)28(22)43-33-30/h6-7,14-16,24-25H,4-5,8-13,17-18H2,1-3H3,(H,33,34)/t24-,25+/m0/s1. The summed E-state index contributed by atoms with van der Waals surface area (Å²) in [6.45, 7) is 3.65. The van der Waals surface area contributed by atoms with E-state index < -0.39 is 10.0 Å². The number of likely N-dealkylation sites (N-methyl/N-ethyl adjacent to an activating group) is 1. The molecule has 0 bridgehead atoms. The van der Waals surface area contributed by atoms with Crippen molar-refractivity contribution in [1.29, 1.82) is 0 Å². The van der Waals surface area contributed by atoms with Crippen molar-refractivity contribution in [3.05, 3.63) is 47.0 Å². The second-order valence-electron chi connectivity index (χ2n) is 12.9. The van der Waals surface area contributed by atoms with Gasteiger partial charge in [-0.1, -0.05) is 11.2 Å². The number of amides is 1. The zero-order valence-corrected chi connectivity index (χ0v) is 26.1. The summed E-state index contributed by atoms with van der Waals surface area (Å²) in [5.74, 6) is 0.681. The Morgan fingerprint density at radius 2 is 1.75 bits per heavy atom. The van der Waals surface area contributed by atoms with Crippen molar-refractivity contribution in [3.63, 3.8) is 0 Å². The lowest BCUT2D eigenvalue weighted by Gasteiger charge is -2.34. The summed E-state index contributed by atoms with van der Waals surface area (Å²) in [6, 6.07) is 10.1. The third-order valence-electron chi connectivity index (χ3n) is 10.3. The minimum absolute atomic E-state index is 0.0261.